The summed E-state index contributed by atoms with van der Waals surface area (Å²) in [4.78, 5) is 0. The van der Waals surface area contributed by atoms with Crippen molar-refractivity contribution in [2.75, 3.05) is 13.2 Å². The predicted octanol–water partition coefficient (Wildman–Crippen LogP) is 3.63. The van der Waals surface area contributed by atoms with Gasteiger partial charge >= 0.3 is 0 Å². The topological polar surface area (TPSA) is 35.2 Å². The molecule has 0 bridgehead atoms. The third kappa shape index (κ3) is 4.88. The molecule has 1 rings (SSSR count). The van der Waals surface area contributed by atoms with E-state index in [-0.39, 0.29) is 6.04 Å². The SMILES string of the molecule is CCCCOCC(N)c1ccc(C(C)C)cc1. The summed E-state index contributed by atoms with van der Waals surface area (Å²) in [7, 11) is 0. The van der Waals surface area contributed by atoms with Crippen molar-refractivity contribution in [2.24, 2.45) is 5.73 Å². The Hall–Kier alpha value is -0.860. The van der Waals surface area contributed by atoms with Crippen LogP contribution in [0, 0.1) is 0 Å². The van der Waals surface area contributed by atoms with Crippen LogP contribution in [0.25, 0.3) is 0 Å². The molecule has 1 atom stereocenters. The van der Waals surface area contributed by atoms with Crippen LogP contribution >= 0.6 is 0 Å². The lowest BCUT2D eigenvalue weighted by molar-refractivity contribution is 0.118. The summed E-state index contributed by atoms with van der Waals surface area (Å²) in [5.41, 5.74) is 8.59. The van der Waals surface area contributed by atoms with E-state index in [1.165, 1.54) is 12.0 Å². The van der Waals surface area contributed by atoms with Crippen LogP contribution < -0.4 is 5.73 Å². The van der Waals surface area contributed by atoms with Gasteiger partial charge in [0.2, 0.25) is 0 Å². The fraction of sp³-hybridized carbons (Fsp3) is 0.600. The number of benzene rings is 1. The molecular weight excluding hydrogens is 210 g/mol. The summed E-state index contributed by atoms with van der Waals surface area (Å²) >= 11 is 0. The molecule has 0 aliphatic heterocycles. The Morgan fingerprint density at radius 1 is 1.12 bits per heavy atom. The molecule has 0 aliphatic rings. The molecule has 0 saturated carbocycles. The fourth-order valence-corrected chi connectivity index (χ4v) is 1.68. The van der Waals surface area contributed by atoms with E-state index in [9.17, 15) is 0 Å². The van der Waals surface area contributed by atoms with Crippen LogP contribution in [0.15, 0.2) is 24.3 Å². The van der Waals surface area contributed by atoms with E-state index in [2.05, 4.69) is 45.0 Å². The van der Waals surface area contributed by atoms with Crippen LogP contribution in [0.3, 0.4) is 0 Å². The number of hydrogen-bond acceptors (Lipinski definition) is 2. The predicted molar refractivity (Wildman–Crippen MR) is 73.2 cm³/mol. The lowest BCUT2D eigenvalue weighted by Crippen LogP contribution is -2.17. The number of nitrogens with two attached hydrogens (primary N) is 1. The number of hydrogen-bond donors (Lipinski definition) is 1. The smallest absolute Gasteiger partial charge is 0.0659 e. The first kappa shape index (κ1) is 14.2. The fourth-order valence-electron chi connectivity index (χ4n) is 1.68. The molecule has 2 N–H and O–H groups in total. The van der Waals surface area contributed by atoms with Crippen molar-refractivity contribution in [3.05, 3.63) is 35.4 Å². The van der Waals surface area contributed by atoms with Crippen LogP contribution in [0.5, 0.6) is 0 Å². The lowest BCUT2D eigenvalue weighted by Gasteiger charge is -2.14. The van der Waals surface area contributed by atoms with Gasteiger partial charge in [0.15, 0.2) is 0 Å². The van der Waals surface area contributed by atoms with E-state index >= 15 is 0 Å². The van der Waals surface area contributed by atoms with Crippen LogP contribution in [-0.4, -0.2) is 13.2 Å². The largest absolute Gasteiger partial charge is 0.379 e. The molecular formula is C15H25NO. The second-order valence-electron chi connectivity index (χ2n) is 4.86. The van der Waals surface area contributed by atoms with Crippen LogP contribution in [0.1, 0.15) is 56.7 Å². The van der Waals surface area contributed by atoms with E-state index in [0.29, 0.717) is 12.5 Å². The summed E-state index contributed by atoms with van der Waals surface area (Å²) in [6.45, 7) is 7.98. The zero-order chi connectivity index (χ0) is 12.7. The normalized spacial score (nSPS) is 13.0. The van der Waals surface area contributed by atoms with Crippen molar-refractivity contribution in [1.29, 1.82) is 0 Å². The highest BCUT2D eigenvalue weighted by molar-refractivity contribution is 5.26. The standard InChI is InChI=1S/C15H25NO/c1-4-5-10-17-11-15(16)14-8-6-13(7-9-14)12(2)3/h6-9,12,15H,4-5,10-11,16H2,1-3H3. The molecule has 1 aromatic rings. The Labute approximate surface area is 105 Å². The van der Waals surface area contributed by atoms with E-state index in [4.69, 9.17) is 10.5 Å². The van der Waals surface area contributed by atoms with Crippen molar-refractivity contribution in [3.8, 4) is 0 Å². The first-order valence-corrected chi connectivity index (χ1v) is 6.58. The van der Waals surface area contributed by atoms with Crippen molar-refractivity contribution < 1.29 is 4.74 Å². The average Bonchev–Trinajstić information content (AvgIpc) is 2.34. The van der Waals surface area contributed by atoms with E-state index in [1.54, 1.807) is 0 Å². The molecule has 0 aromatic heterocycles. The molecule has 17 heavy (non-hydrogen) atoms. The Morgan fingerprint density at radius 3 is 2.24 bits per heavy atom. The minimum absolute atomic E-state index is 0.00642. The van der Waals surface area contributed by atoms with Crippen LogP contribution in [-0.2, 0) is 4.74 Å². The highest BCUT2D eigenvalue weighted by atomic mass is 16.5. The molecule has 0 spiro atoms. The first-order valence-electron chi connectivity index (χ1n) is 6.58. The van der Waals surface area contributed by atoms with Gasteiger partial charge in [0.1, 0.15) is 0 Å². The van der Waals surface area contributed by atoms with Gasteiger partial charge in [-0.2, -0.15) is 0 Å². The van der Waals surface area contributed by atoms with Gasteiger partial charge in [-0.25, -0.2) is 0 Å². The van der Waals surface area contributed by atoms with Gasteiger partial charge in [-0.05, 0) is 23.5 Å². The third-order valence-corrected chi connectivity index (χ3v) is 2.97. The van der Waals surface area contributed by atoms with E-state index in [1.807, 2.05) is 0 Å². The molecule has 96 valence electrons. The molecule has 0 aliphatic carbocycles. The van der Waals surface area contributed by atoms with Crippen LogP contribution in [0.2, 0.25) is 0 Å². The van der Waals surface area contributed by atoms with Gasteiger partial charge in [0.25, 0.3) is 0 Å². The van der Waals surface area contributed by atoms with Gasteiger partial charge in [-0.15, -0.1) is 0 Å². The van der Waals surface area contributed by atoms with Crippen molar-refractivity contribution in [3.63, 3.8) is 0 Å². The summed E-state index contributed by atoms with van der Waals surface area (Å²) in [6.07, 6.45) is 2.28. The summed E-state index contributed by atoms with van der Waals surface area (Å²) in [5, 5.41) is 0. The zero-order valence-corrected chi connectivity index (χ0v) is 11.3. The monoisotopic (exact) mass is 235 g/mol. The molecule has 1 aromatic carbocycles. The summed E-state index contributed by atoms with van der Waals surface area (Å²) in [6, 6.07) is 8.54. The zero-order valence-electron chi connectivity index (χ0n) is 11.3. The van der Waals surface area contributed by atoms with Crippen molar-refractivity contribution >= 4 is 0 Å². The Balaban J connectivity index is 2.43. The van der Waals surface area contributed by atoms with Crippen LogP contribution in [0.4, 0.5) is 0 Å². The average molecular weight is 235 g/mol. The van der Waals surface area contributed by atoms with Gasteiger partial charge in [0.05, 0.1) is 12.6 Å². The Bertz CT molecular complexity index is 305. The molecule has 0 amide bonds. The number of unbranched alkanes of at least 4 members (excludes halogenated alkanes) is 1. The second-order valence-corrected chi connectivity index (χ2v) is 4.86. The van der Waals surface area contributed by atoms with E-state index < -0.39 is 0 Å². The maximum Gasteiger partial charge on any atom is 0.0659 e. The minimum atomic E-state index is -0.00642. The van der Waals surface area contributed by atoms with Crippen molar-refractivity contribution in [1.82, 2.24) is 0 Å². The molecule has 0 saturated heterocycles. The highest BCUT2D eigenvalue weighted by Gasteiger charge is 2.06. The number of rotatable bonds is 7. The molecule has 2 heteroatoms. The Morgan fingerprint density at radius 2 is 1.71 bits per heavy atom. The molecule has 1 unspecified atom stereocenters. The molecule has 0 radical (unpaired) electrons. The summed E-state index contributed by atoms with van der Waals surface area (Å²) < 4.78 is 5.54. The lowest BCUT2D eigenvalue weighted by atomic mass is 10.00. The van der Waals surface area contributed by atoms with Gasteiger partial charge in [-0.1, -0.05) is 51.5 Å². The first-order chi connectivity index (χ1) is 8.15. The Kier molecular flexibility index (Phi) is 6.23. The van der Waals surface area contributed by atoms with Gasteiger partial charge in [-0.3, -0.25) is 0 Å². The third-order valence-electron chi connectivity index (χ3n) is 2.97. The molecule has 2 nitrogen and oxygen atoms in total. The highest BCUT2D eigenvalue weighted by Crippen LogP contribution is 2.17. The van der Waals surface area contributed by atoms with Gasteiger partial charge in [0, 0.05) is 6.61 Å². The van der Waals surface area contributed by atoms with Gasteiger partial charge < -0.3 is 10.5 Å². The van der Waals surface area contributed by atoms with E-state index in [0.717, 1.165) is 18.6 Å². The quantitative estimate of drug-likeness (QED) is 0.732. The maximum absolute atomic E-state index is 6.08. The second kappa shape index (κ2) is 7.46. The minimum Gasteiger partial charge on any atom is -0.379 e. The maximum atomic E-state index is 6.08. The molecule has 0 fully saturated rings. The molecule has 0 heterocycles. The van der Waals surface area contributed by atoms with Crippen molar-refractivity contribution in [2.45, 2.75) is 45.6 Å². The number of ether oxygens (including phenoxy) is 1. The summed E-state index contributed by atoms with van der Waals surface area (Å²) in [5.74, 6) is 0.570.